The maximum absolute atomic E-state index is 2.39. The molecule has 0 unspecified atom stereocenters. The molecule has 1 aliphatic carbocycles. The zero-order valence-corrected chi connectivity index (χ0v) is 11.8. The molecule has 0 saturated heterocycles. The molecule has 0 N–H and O–H groups in total. The van der Waals surface area contributed by atoms with E-state index in [1.165, 1.54) is 46.4 Å². The Hall–Kier alpha value is -1.34. The highest BCUT2D eigenvalue weighted by Crippen LogP contribution is 2.36. The second-order valence-corrected chi connectivity index (χ2v) is 6.13. The Morgan fingerprint density at radius 2 is 2.00 bits per heavy atom. The lowest BCUT2D eigenvalue weighted by Crippen LogP contribution is -2.03. The summed E-state index contributed by atoms with van der Waals surface area (Å²) < 4.78 is 0. The van der Waals surface area contributed by atoms with Gasteiger partial charge in [0.25, 0.3) is 0 Å². The van der Waals surface area contributed by atoms with Crippen LogP contribution in [0.4, 0.5) is 0 Å². The van der Waals surface area contributed by atoms with E-state index in [0.29, 0.717) is 0 Å². The largest absolute Gasteiger partial charge is 0.144 e. The van der Waals surface area contributed by atoms with E-state index >= 15 is 0 Å². The molecule has 1 heteroatoms. The Bertz CT molecular complexity index is 584. The minimum absolute atomic E-state index is 1.23. The summed E-state index contributed by atoms with van der Waals surface area (Å²) in [6.07, 6.45) is 3.77. The van der Waals surface area contributed by atoms with Crippen LogP contribution in [-0.4, -0.2) is 0 Å². The molecule has 0 aliphatic heterocycles. The fourth-order valence-electron chi connectivity index (χ4n) is 2.78. The molecule has 0 saturated carbocycles. The summed E-state index contributed by atoms with van der Waals surface area (Å²) in [7, 11) is 0. The van der Waals surface area contributed by atoms with Crippen molar-refractivity contribution >= 4 is 16.9 Å². The molecule has 3 rings (SSSR count). The summed E-state index contributed by atoms with van der Waals surface area (Å²) in [6.45, 7) is 4.48. The number of rotatable bonds is 1. The van der Waals surface area contributed by atoms with E-state index in [9.17, 15) is 0 Å². The quantitative estimate of drug-likeness (QED) is 0.626. The first-order valence-electron chi connectivity index (χ1n) is 6.59. The molecule has 0 radical (unpaired) electrons. The fraction of sp³-hybridized carbons (Fsp3) is 0.294. The fourth-order valence-corrected chi connectivity index (χ4v) is 3.51. The van der Waals surface area contributed by atoms with Crippen molar-refractivity contribution in [2.45, 2.75) is 33.1 Å². The van der Waals surface area contributed by atoms with Crippen molar-refractivity contribution < 1.29 is 0 Å². The van der Waals surface area contributed by atoms with E-state index in [-0.39, 0.29) is 0 Å². The number of hydrogen-bond acceptors (Lipinski definition) is 1. The van der Waals surface area contributed by atoms with E-state index in [1.54, 1.807) is 5.57 Å². The molecule has 92 valence electrons. The van der Waals surface area contributed by atoms with Gasteiger partial charge >= 0.3 is 0 Å². The van der Waals surface area contributed by atoms with Crippen LogP contribution in [0.15, 0.2) is 41.3 Å². The minimum Gasteiger partial charge on any atom is -0.144 e. The van der Waals surface area contributed by atoms with Crippen LogP contribution in [0.25, 0.3) is 16.0 Å². The molecule has 18 heavy (non-hydrogen) atoms. The predicted octanol–water partition coefficient (Wildman–Crippen LogP) is 5.54. The summed E-state index contributed by atoms with van der Waals surface area (Å²) in [5, 5.41) is 2.15. The molecule has 0 bridgehead atoms. The summed E-state index contributed by atoms with van der Waals surface area (Å²) in [5.41, 5.74) is 7.42. The third kappa shape index (κ3) is 2.04. The molecular formula is C17H18S. The standard InChI is InChI=1S/C17H18S/c1-12(2)15-6-3-5-13-8-9-14(11-16(13)15)17-7-4-10-18-17/h4,7-11H,3,5-6H2,1-2H3. The molecule has 1 aromatic heterocycles. The van der Waals surface area contributed by atoms with Crippen molar-refractivity contribution in [3.05, 3.63) is 52.4 Å². The second kappa shape index (κ2) is 4.74. The number of hydrogen-bond donors (Lipinski definition) is 0. The lowest BCUT2D eigenvalue weighted by atomic mass is 9.84. The van der Waals surface area contributed by atoms with Gasteiger partial charge in [0.1, 0.15) is 0 Å². The highest BCUT2D eigenvalue weighted by molar-refractivity contribution is 7.13. The van der Waals surface area contributed by atoms with Crippen molar-refractivity contribution in [3.63, 3.8) is 0 Å². The third-order valence-electron chi connectivity index (χ3n) is 3.72. The maximum Gasteiger partial charge on any atom is 0.0342 e. The lowest BCUT2D eigenvalue weighted by molar-refractivity contribution is 0.818. The van der Waals surface area contributed by atoms with Crippen LogP contribution < -0.4 is 0 Å². The van der Waals surface area contributed by atoms with Crippen molar-refractivity contribution in [1.29, 1.82) is 0 Å². The van der Waals surface area contributed by atoms with Gasteiger partial charge < -0.3 is 0 Å². The first-order valence-corrected chi connectivity index (χ1v) is 7.47. The normalized spacial score (nSPS) is 14.4. The zero-order valence-electron chi connectivity index (χ0n) is 11.0. The van der Waals surface area contributed by atoms with E-state index < -0.39 is 0 Å². The number of allylic oxidation sites excluding steroid dienone is 2. The Morgan fingerprint density at radius 1 is 1.11 bits per heavy atom. The van der Waals surface area contributed by atoms with Crippen molar-refractivity contribution in [2.75, 3.05) is 0 Å². The average molecular weight is 254 g/mol. The first-order chi connectivity index (χ1) is 8.75. The van der Waals surface area contributed by atoms with Crippen LogP contribution in [0.3, 0.4) is 0 Å². The molecule has 0 amide bonds. The van der Waals surface area contributed by atoms with Crippen LogP contribution in [0.5, 0.6) is 0 Å². The molecule has 0 nitrogen and oxygen atoms in total. The molecule has 2 aromatic rings. The maximum atomic E-state index is 2.39. The van der Waals surface area contributed by atoms with E-state index in [1.807, 2.05) is 11.3 Å². The summed E-state index contributed by atoms with van der Waals surface area (Å²) >= 11 is 1.82. The molecular weight excluding hydrogens is 236 g/mol. The van der Waals surface area contributed by atoms with Crippen molar-refractivity contribution in [3.8, 4) is 10.4 Å². The average Bonchev–Trinajstić information content (AvgIpc) is 2.91. The van der Waals surface area contributed by atoms with Gasteiger partial charge in [-0.25, -0.2) is 0 Å². The summed E-state index contributed by atoms with van der Waals surface area (Å²) in [5.74, 6) is 0. The molecule has 0 atom stereocenters. The second-order valence-electron chi connectivity index (χ2n) is 5.18. The lowest BCUT2D eigenvalue weighted by Gasteiger charge is -2.21. The van der Waals surface area contributed by atoms with Crippen LogP contribution in [-0.2, 0) is 6.42 Å². The van der Waals surface area contributed by atoms with E-state index in [2.05, 4.69) is 49.6 Å². The monoisotopic (exact) mass is 254 g/mol. The number of fused-ring (bicyclic) bond motifs is 1. The highest BCUT2D eigenvalue weighted by atomic mass is 32.1. The Morgan fingerprint density at radius 3 is 2.72 bits per heavy atom. The van der Waals surface area contributed by atoms with Crippen LogP contribution >= 0.6 is 11.3 Å². The van der Waals surface area contributed by atoms with Gasteiger partial charge in [-0.05, 0) is 72.9 Å². The highest BCUT2D eigenvalue weighted by Gasteiger charge is 2.15. The molecule has 0 fully saturated rings. The van der Waals surface area contributed by atoms with E-state index in [4.69, 9.17) is 0 Å². The van der Waals surface area contributed by atoms with Gasteiger partial charge in [-0.15, -0.1) is 11.3 Å². The van der Waals surface area contributed by atoms with Gasteiger partial charge in [0.05, 0.1) is 0 Å². The Balaban J connectivity index is 2.14. The zero-order chi connectivity index (χ0) is 12.5. The SMILES string of the molecule is CC(C)=C1CCCc2ccc(-c3cccs3)cc21. The Kier molecular flexibility index (Phi) is 3.09. The smallest absolute Gasteiger partial charge is 0.0342 e. The summed E-state index contributed by atoms with van der Waals surface area (Å²) in [6, 6.07) is 11.3. The molecule has 1 aromatic carbocycles. The van der Waals surface area contributed by atoms with Crippen LogP contribution in [0, 0.1) is 0 Å². The van der Waals surface area contributed by atoms with Crippen LogP contribution in [0.1, 0.15) is 37.8 Å². The van der Waals surface area contributed by atoms with Gasteiger partial charge in [-0.1, -0.05) is 23.8 Å². The van der Waals surface area contributed by atoms with Crippen molar-refractivity contribution in [2.24, 2.45) is 0 Å². The van der Waals surface area contributed by atoms with Gasteiger partial charge in [0.2, 0.25) is 0 Å². The van der Waals surface area contributed by atoms with Crippen molar-refractivity contribution in [1.82, 2.24) is 0 Å². The topological polar surface area (TPSA) is 0 Å². The van der Waals surface area contributed by atoms with Gasteiger partial charge in [0.15, 0.2) is 0 Å². The van der Waals surface area contributed by atoms with Gasteiger partial charge in [0, 0.05) is 4.88 Å². The van der Waals surface area contributed by atoms with Crippen LogP contribution in [0.2, 0.25) is 0 Å². The minimum atomic E-state index is 1.23. The Labute approximate surface area is 113 Å². The van der Waals surface area contributed by atoms with E-state index in [0.717, 1.165) is 0 Å². The molecule has 1 heterocycles. The predicted molar refractivity (Wildman–Crippen MR) is 81.0 cm³/mol. The number of benzene rings is 1. The van der Waals surface area contributed by atoms with Gasteiger partial charge in [-0.2, -0.15) is 0 Å². The third-order valence-corrected chi connectivity index (χ3v) is 4.64. The summed E-state index contributed by atoms with van der Waals surface area (Å²) in [4.78, 5) is 1.37. The molecule has 1 aliphatic rings. The number of thiophene rings is 1. The number of aryl methyl sites for hydroxylation is 1. The first kappa shape index (κ1) is 11.7. The molecule has 0 spiro atoms. The van der Waals surface area contributed by atoms with Gasteiger partial charge in [-0.3, -0.25) is 0 Å².